The number of carbonyl (C=O) groups is 1. The van der Waals surface area contributed by atoms with Gasteiger partial charge in [0.05, 0.1) is 12.0 Å². The van der Waals surface area contributed by atoms with Gasteiger partial charge in [0.2, 0.25) is 0 Å². The van der Waals surface area contributed by atoms with Gasteiger partial charge >= 0.3 is 11.6 Å². The van der Waals surface area contributed by atoms with E-state index in [0.29, 0.717) is 24.2 Å². The highest BCUT2D eigenvalue weighted by atomic mass is 16.6. The van der Waals surface area contributed by atoms with E-state index in [1.807, 2.05) is 42.5 Å². The number of hydrogen-bond donors (Lipinski definition) is 0. The summed E-state index contributed by atoms with van der Waals surface area (Å²) >= 11 is 0. The lowest BCUT2D eigenvalue weighted by Crippen LogP contribution is -2.27. The predicted octanol–water partition coefficient (Wildman–Crippen LogP) is 3.58. The van der Waals surface area contributed by atoms with Crippen LogP contribution in [0, 0.1) is 0 Å². The summed E-state index contributed by atoms with van der Waals surface area (Å²) in [6.07, 6.45) is -0.296. The maximum atomic E-state index is 12.2. The first-order chi connectivity index (χ1) is 12.6. The topological polar surface area (TPSA) is 65.7 Å². The van der Waals surface area contributed by atoms with Crippen LogP contribution < -0.4 is 5.63 Å². The van der Waals surface area contributed by atoms with Gasteiger partial charge in [-0.05, 0) is 36.1 Å². The number of esters is 1. The normalized spacial score (nSPS) is 12.1. The summed E-state index contributed by atoms with van der Waals surface area (Å²) in [5, 5.41) is 1.37. The van der Waals surface area contributed by atoms with Gasteiger partial charge in [-0.2, -0.15) is 0 Å². The number of fused-ring (bicyclic) bond motifs is 1. The number of rotatable bonds is 6. The van der Waals surface area contributed by atoms with E-state index in [9.17, 15) is 9.59 Å². The van der Waals surface area contributed by atoms with Crippen LogP contribution in [0.25, 0.3) is 22.1 Å². The van der Waals surface area contributed by atoms with E-state index in [0.717, 1.165) is 16.5 Å². The zero-order chi connectivity index (χ0) is 18.5. The van der Waals surface area contributed by atoms with Crippen molar-refractivity contribution in [1.29, 1.82) is 0 Å². The molecule has 1 atom stereocenters. The molecule has 5 heteroatoms. The summed E-state index contributed by atoms with van der Waals surface area (Å²) in [5.41, 5.74) is 1.28. The van der Waals surface area contributed by atoms with Gasteiger partial charge in [0.1, 0.15) is 5.76 Å². The Morgan fingerprint density at radius 3 is 2.69 bits per heavy atom. The smallest absolute Gasteiger partial charge is 0.344 e. The molecule has 26 heavy (non-hydrogen) atoms. The van der Waals surface area contributed by atoms with Crippen LogP contribution >= 0.6 is 0 Å². The van der Waals surface area contributed by atoms with Gasteiger partial charge in [-0.1, -0.05) is 36.4 Å². The minimum atomic E-state index is -0.672. The number of ether oxygens (including phenoxy) is 2. The molecule has 2 aromatic carbocycles. The van der Waals surface area contributed by atoms with Crippen LogP contribution in [0.2, 0.25) is 0 Å². The van der Waals surface area contributed by atoms with Crippen molar-refractivity contribution in [3.8, 4) is 11.3 Å². The molecule has 0 saturated heterocycles. The molecular weight excluding hydrogens is 332 g/mol. The third-order valence-electron chi connectivity index (χ3n) is 4.14. The van der Waals surface area contributed by atoms with E-state index in [4.69, 9.17) is 13.9 Å². The molecule has 1 aromatic heterocycles. The van der Waals surface area contributed by atoms with Crippen molar-refractivity contribution >= 4 is 16.7 Å². The maximum Gasteiger partial charge on any atom is 0.344 e. The monoisotopic (exact) mass is 352 g/mol. The van der Waals surface area contributed by atoms with Gasteiger partial charge in [0.15, 0.2) is 6.10 Å². The molecule has 1 unspecified atom stereocenters. The van der Waals surface area contributed by atoms with Crippen molar-refractivity contribution in [3.05, 3.63) is 70.6 Å². The second-order valence-corrected chi connectivity index (χ2v) is 5.87. The number of methoxy groups -OCH3 is 1. The Morgan fingerprint density at radius 2 is 1.92 bits per heavy atom. The standard InChI is InChI=1S/C21H20O5/c1-3-25-21(23)19(24-2)12-14-7-6-9-16(11-14)18-13-15-8-4-5-10-17(15)20(22)26-18/h4-11,13,19H,3,12H2,1-2H3. The van der Waals surface area contributed by atoms with Crippen LogP contribution in [-0.4, -0.2) is 25.8 Å². The summed E-state index contributed by atoms with van der Waals surface area (Å²) in [5.74, 6) is 0.0956. The molecule has 3 rings (SSSR count). The van der Waals surface area contributed by atoms with Gasteiger partial charge in [0.25, 0.3) is 0 Å². The summed E-state index contributed by atoms with van der Waals surface area (Å²) in [6, 6.07) is 16.6. The molecule has 0 aliphatic carbocycles. The number of carbonyl (C=O) groups excluding carboxylic acids is 1. The summed E-state index contributed by atoms with van der Waals surface area (Å²) in [4.78, 5) is 24.1. The Morgan fingerprint density at radius 1 is 1.12 bits per heavy atom. The molecule has 0 N–H and O–H groups in total. The van der Waals surface area contributed by atoms with Crippen LogP contribution in [0.3, 0.4) is 0 Å². The largest absolute Gasteiger partial charge is 0.464 e. The average molecular weight is 352 g/mol. The van der Waals surface area contributed by atoms with Crippen molar-refractivity contribution in [1.82, 2.24) is 0 Å². The minimum absolute atomic E-state index is 0.307. The first-order valence-electron chi connectivity index (χ1n) is 8.44. The third kappa shape index (κ3) is 3.83. The number of benzene rings is 2. The third-order valence-corrected chi connectivity index (χ3v) is 4.14. The van der Waals surface area contributed by atoms with Crippen molar-refractivity contribution in [2.45, 2.75) is 19.4 Å². The Labute approximate surface area is 151 Å². The molecule has 0 saturated carbocycles. The van der Waals surface area contributed by atoms with E-state index in [-0.39, 0.29) is 5.63 Å². The molecule has 3 aromatic rings. The summed E-state index contributed by atoms with van der Waals surface area (Å²) in [7, 11) is 1.48. The fourth-order valence-electron chi connectivity index (χ4n) is 2.84. The first kappa shape index (κ1) is 17.9. The van der Waals surface area contributed by atoms with Gasteiger partial charge in [-0.3, -0.25) is 0 Å². The van der Waals surface area contributed by atoms with Gasteiger partial charge in [0, 0.05) is 19.1 Å². The highest BCUT2D eigenvalue weighted by Gasteiger charge is 2.20. The van der Waals surface area contributed by atoms with Crippen LogP contribution in [0.15, 0.2) is 63.8 Å². The molecule has 5 nitrogen and oxygen atoms in total. The van der Waals surface area contributed by atoms with Crippen LogP contribution in [0.4, 0.5) is 0 Å². The minimum Gasteiger partial charge on any atom is -0.464 e. The molecule has 0 fully saturated rings. The van der Waals surface area contributed by atoms with Crippen molar-refractivity contribution in [2.24, 2.45) is 0 Å². The van der Waals surface area contributed by atoms with E-state index >= 15 is 0 Å². The van der Waals surface area contributed by atoms with Crippen LogP contribution in [0.5, 0.6) is 0 Å². The summed E-state index contributed by atoms with van der Waals surface area (Å²) in [6.45, 7) is 2.06. The summed E-state index contributed by atoms with van der Waals surface area (Å²) < 4.78 is 15.7. The molecule has 0 amide bonds. The fraction of sp³-hybridized carbons (Fsp3) is 0.238. The molecular formula is C21H20O5. The first-order valence-corrected chi connectivity index (χ1v) is 8.44. The Hall–Kier alpha value is -2.92. The molecule has 0 aliphatic rings. The maximum absolute atomic E-state index is 12.2. The van der Waals surface area contributed by atoms with Crippen LogP contribution in [-0.2, 0) is 20.7 Å². The molecule has 134 valence electrons. The van der Waals surface area contributed by atoms with Gasteiger partial charge in [-0.25, -0.2) is 9.59 Å². The molecule has 0 aliphatic heterocycles. The second kappa shape index (κ2) is 7.97. The van der Waals surface area contributed by atoms with Crippen molar-refractivity contribution in [2.75, 3.05) is 13.7 Å². The van der Waals surface area contributed by atoms with E-state index in [1.54, 1.807) is 19.1 Å². The Kier molecular flexibility index (Phi) is 5.49. The van der Waals surface area contributed by atoms with E-state index < -0.39 is 12.1 Å². The number of hydrogen-bond acceptors (Lipinski definition) is 5. The highest BCUT2D eigenvalue weighted by molar-refractivity contribution is 5.84. The SMILES string of the molecule is CCOC(=O)C(Cc1cccc(-c2cc3ccccc3c(=O)o2)c1)OC. The average Bonchev–Trinajstić information content (AvgIpc) is 2.66. The lowest BCUT2D eigenvalue weighted by Gasteiger charge is -2.14. The van der Waals surface area contributed by atoms with Gasteiger partial charge in [-0.15, -0.1) is 0 Å². The lowest BCUT2D eigenvalue weighted by molar-refractivity contribution is -0.154. The van der Waals surface area contributed by atoms with Gasteiger partial charge < -0.3 is 13.9 Å². The molecule has 1 heterocycles. The van der Waals surface area contributed by atoms with Crippen LogP contribution in [0.1, 0.15) is 12.5 Å². The van der Waals surface area contributed by atoms with Crippen molar-refractivity contribution in [3.63, 3.8) is 0 Å². The molecule has 0 spiro atoms. The van der Waals surface area contributed by atoms with E-state index in [2.05, 4.69) is 0 Å². The zero-order valence-electron chi connectivity index (χ0n) is 14.7. The highest BCUT2D eigenvalue weighted by Crippen LogP contribution is 2.23. The Bertz CT molecular complexity index is 973. The predicted molar refractivity (Wildman–Crippen MR) is 99.1 cm³/mol. The zero-order valence-corrected chi connectivity index (χ0v) is 14.7. The fourth-order valence-corrected chi connectivity index (χ4v) is 2.84. The Balaban J connectivity index is 1.92. The second-order valence-electron chi connectivity index (χ2n) is 5.87. The molecule has 0 radical (unpaired) electrons. The quantitative estimate of drug-likeness (QED) is 0.635. The molecule has 0 bridgehead atoms. The van der Waals surface area contributed by atoms with E-state index in [1.165, 1.54) is 7.11 Å². The van der Waals surface area contributed by atoms with Crippen molar-refractivity contribution < 1.29 is 18.7 Å². The lowest BCUT2D eigenvalue weighted by atomic mass is 10.0.